The van der Waals surface area contributed by atoms with Gasteiger partial charge in [-0.05, 0) is 41.4 Å². The maximum Gasteiger partial charge on any atom is 0.354 e. The highest BCUT2D eigenvalue weighted by atomic mass is 79.9. The lowest BCUT2D eigenvalue weighted by molar-refractivity contribution is 0.0582. The van der Waals surface area contributed by atoms with Crippen molar-refractivity contribution < 1.29 is 14.6 Å². The topological polar surface area (TPSA) is 54.7 Å². The van der Waals surface area contributed by atoms with Crippen molar-refractivity contribution in [1.29, 1.82) is 0 Å². The number of rotatable bonds is 3. The Morgan fingerprint density at radius 2 is 2.37 bits per heavy atom. The predicted octanol–water partition coefficient (Wildman–Crippen LogP) is 1.53. The summed E-state index contributed by atoms with van der Waals surface area (Å²) in [4.78, 5) is 13.8. The number of esters is 1. The van der Waals surface area contributed by atoms with E-state index >= 15 is 0 Å². The second-order valence-electron chi connectivity index (χ2n) is 4.91. The summed E-state index contributed by atoms with van der Waals surface area (Å²) in [5.41, 5.74) is 1.55. The first-order chi connectivity index (χ1) is 9.02. The van der Waals surface area contributed by atoms with E-state index in [1.54, 1.807) is 6.07 Å². The van der Waals surface area contributed by atoms with Gasteiger partial charge >= 0.3 is 5.97 Å². The van der Waals surface area contributed by atoms with E-state index in [2.05, 4.69) is 20.8 Å². The van der Waals surface area contributed by atoms with Crippen LogP contribution in [0, 0.1) is 0 Å². The van der Waals surface area contributed by atoms with Crippen LogP contribution in [0.15, 0.2) is 10.5 Å². The minimum atomic E-state index is -0.340. The van der Waals surface area contributed by atoms with Gasteiger partial charge in [-0.25, -0.2) is 4.79 Å². The number of hydrogen-bond acceptors (Lipinski definition) is 4. The van der Waals surface area contributed by atoms with E-state index in [0.29, 0.717) is 18.8 Å². The van der Waals surface area contributed by atoms with Crippen LogP contribution in [-0.4, -0.2) is 46.8 Å². The molecule has 1 fully saturated rings. The predicted molar refractivity (Wildman–Crippen MR) is 75.0 cm³/mol. The zero-order valence-electron chi connectivity index (χ0n) is 11.2. The first-order valence-electron chi connectivity index (χ1n) is 6.35. The molecule has 1 aliphatic rings. The quantitative estimate of drug-likeness (QED) is 0.854. The molecule has 19 heavy (non-hydrogen) atoms. The summed E-state index contributed by atoms with van der Waals surface area (Å²) in [6.07, 6.45) is 1.64. The number of halogens is 1. The lowest BCUT2D eigenvalue weighted by Crippen LogP contribution is -2.38. The van der Waals surface area contributed by atoms with E-state index < -0.39 is 0 Å². The molecule has 6 heteroatoms. The van der Waals surface area contributed by atoms with Gasteiger partial charge in [0.1, 0.15) is 5.69 Å². The van der Waals surface area contributed by atoms with Gasteiger partial charge in [-0.15, -0.1) is 0 Å². The van der Waals surface area contributed by atoms with Crippen LogP contribution < -0.4 is 0 Å². The highest BCUT2D eigenvalue weighted by Crippen LogP contribution is 2.24. The van der Waals surface area contributed by atoms with Crippen LogP contribution in [0.3, 0.4) is 0 Å². The van der Waals surface area contributed by atoms with E-state index in [0.717, 1.165) is 29.6 Å². The van der Waals surface area contributed by atoms with Gasteiger partial charge in [-0.1, -0.05) is 0 Å². The molecule has 0 aromatic carbocycles. The molecule has 5 nitrogen and oxygen atoms in total. The SMILES string of the molecule is COC(=O)c1cc(Br)c(CN2CCC[C@@H](O)C2)n1C. The molecule has 1 saturated heterocycles. The second kappa shape index (κ2) is 6.07. The molecule has 0 bridgehead atoms. The van der Waals surface area contributed by atoms with Gasteiger partial charge in [-0.3, -0.25) is 4.90 Å². The van der Waals surface area contributed by atoms with E-state index in [9.17, 15) is 9.90 Å². The Balaban J connectivity index is 2.16. The van der Waals surface area contributed by atoms with Gasteiger partial charge in [0.15, 0.2) is 0 Å². The highest BCUT2D eigenvalue weighted by molar-refractivity contribution is 9.10. The number of piperidine rings is 1. The Morgan fingerprint density at radius 3 is 3.00 bits per heavy atom. The average molecular weight is 331 g/mol. The van der Waals surface area contributed by atoms with Gasteiger partial charge < -0.3 is 14.4 Å². The molecule has 1 aromatic heterocycles. The van der Waals surface area contributed by atoms with Crippen molar-refractivity contribution >= 4 is 21.9 Å². The number of likely N-dealkylation sites (tertiary alicyclic amines) is 1. The third-order valence-corrected chi connectivity index (χ3v) is 4.24. The zero-order valence-corrected chi connectivity index (χ0v) is 12.8. The smallest absolute Gasteiger partial charge is 0.354 e. The van der Waals surface area contributed by atoms with E-state index in [1.165, 1.54) is 7.11 Å². The third-order valence-electron chi connectivity index (χ3n) is 3.55. The molecule has 0 amide bonds. The fourth-order valence-electron chi connectivity index (χ4n) is 2.47. The van der Waals surface area contributed by atoms with Crippen LogP contribution in [-0.2, 0) is 18.3 Å². The van der Waals surface area contributed by atoms with Crippen molar-refractivity contribution in [2.24, 2.45) is 7.05 Å². The molecular formula is C13H19BrN2O3. The van der Waals surface area contributed by atoms with Crippen LogP contribution in [0.25, 0.3) is 0 Å². The Kier molecular flexibility index (Phi) is 4.65. The molecular weight excluding hydrogens is 312 g/mol. The molecule has 0 radical (unpaired) electrons. The lowest BCUT2D eigenvalue weighted by atomic mass is 10.1. The molecule has 2 rings (SSSR count). The molecule has 1 aromatic rings. The molecule has 1 N–H and O–H groups in total. The van der Waals surface area contributed by atoms with Crippen LogP contribution in [0.2, 0.25) is 0 Å². The Bertz CT molecular complexity index is 473. The summed E-state index contributed by atoms with van der Waals surface area (Å²) < 4.78 is 7.50. The van der Waals surface area contributed by atoms with Gasteiger partial charge in [0, 0.05) is 30.3 Å². The molecule has 106 valence electrons. The number of aliphatic hydroxyl groups is 1. The molecule has 1 aliphatic heterocycles. The molecule has 0 spiro atoms. The average Bonchev–Trinajstić information content (AvgIpc) is 2.66. The number of carbonyl (C=O) groups excluding carboxylic acids is 1. The maximum absolute atomic E-state index is 11.6. The number of nitrogens with zero attached hydrogens (tertiary/aromatic N) is 2. The summed E-state index contributed by atoms with van der Waals surface area (Å²) >= 11 is 3.49. The normalized spacial score (nSPS) is 20.5. The van der Waals surface area contributed by atoms with Crippen LogP contribution >= 0.6 is 15.9 Å². The van der Waals surface area contributed by atoms with Gasteiger partial charge in [0.05, 0.1) is 13.2 Å². The Morgan fingerprint density at radius 1 is 1.63 bits per heavy atom. The van der Waals surface area contributed by atoms with Crippen molar-refractivity contribution in [3.05, 3.63) is 21.9 Å². The summed E-state index contributed by atoms with van der Waals surface area (Å²) in [6.45, 7) is 2.37. The van der Waals surface area contributed by atoms with Crippen molar-refractivity contribution in [2.45, 2.75) is 25.5 Å². The number of ether oxygens (including phenoxy) is 1. The molecule has 2 heterocycles. The minimum absolute atomic E-state index is 0.243. The maximum atomic E-state index is 11.6. The van der Waals surface area contributed by atoms with Crippen LogP contribution in [0.5, 0.6) is 0 Å². The van der Waals surface area contributed by atoms with Gasteiger partial charge in [0.25, 0.3) is 0 Å². The zero-order chi connectivity index (χ0) is 14.0. The lowest BCUT2D eigenvalue weighted by Gasteiger charge is -2.30. The second-order valence-corrected chi connectivity index (χ2v) is 5.76. The number of β-amino-alcohol motifs (C(OH)–C–C–N with tert-alkyl or cyclic N) is 1. The summed E-state index contributed by atoms with van der Waals surface area (Å²) in [6, 6.07) is 1.78. The van der Waals surface area contributed by atoms with E-state index in [-0.39, 0.29) is 12.1 Å². The summed E-state index contributed by atoms with van der Waals surface area (Å²) in [5.74, 6) is -0.340. The number of carbonyl (C=O) groups is 1. The first-order valence-corrected chi connectivity index (χ1v) is 7.15. The molecule has 0 aliphatic carbocycles. The number of aliphatic hydroxyl groups excluding tert-OH is 1. The fraction of sp³-hybridized carbons (Fsp3) is 0.615. The number of methoxy groups -OCH3 is 1. The van der Waals surface area contributed by atoms with Crippen molar-refractivity contribution in [2.75, 3.05) is 20.2 Å². The Hall–Kier alpha value is -0.850. The summed E-state index contributed by atoms with van der Waals surface area (Å²) in [5, 5.41) is 9.69. The molecule has 0 unspecified atom stereocenters. The van der Waals surface area contributed by atoms with Gasteiger partial charge in [0.2, 0.25) is 0 Å². The first kappa shape index (κ1) is 14.6. The monoisotopic (exact) mass is 330 g/mol. The van der Waals surface area contributed by atoms with Gasteiger partial charge in [-0.2, -0.15) is 0 Å². The van der Waals surface area contributed by atoms with Crippen LogP contribution in [0.4, 0.5) is 0 Å². The van der Waals surface area contributed by atoms with Crippen molar-refractivity contribution in [3.63, 3.8) is 0 Å². The third kappa shape index (κ3) is 3.19. The van der Waals surface area contributed by atoms with E-state index in [1.807, 2.05) is 11.6 Å². The molecule has 0 saturated carbocycles. The van der Waals surface area contributed by atoms with Crippen molar-refractivity contribution in [1.82, 2.24) is 9.47 Å². The largest absolute Gasteiger partial charge is 0.464 e. The minimum Gasteiger partial charge on any atom is -0.464 e. The fourth-order valence-corrected chi connectivity index (χ4v) is 3.08. The standard InChI is InChI=1S/C13H19BrN2O3/c1-15-11(13(18)19-2)6-10(14)12(15)8-16-5-3-4-9(17)7-16/h6,9,17H,3-5,7-8H2,1-2H3/t9-/m1/s1. The number of hydrogen-bond donors (Lipinski definition) is 1. The van der Waals surface area contributed by atoms with Crippen molar-refractivity contribution in [3.8, 4) is 0 Å². The summed E-state index contributed by atoms with van der Waals surface area (Å²) in [7, 11) is 3.23. The Labute approximate surface area is 121 Å². The van der Waals surface area contributed by atoms with E-state index in [4.69, 9.17) is 4.74 Å². The highest BCUT2D eigenvalue weighted by Gasteiger charge is 2.22. The molecule has 1 atom stereocenters. The number of aromatic nitrogens is 1. The van der Waals surface area contributed by atoms with Crippen LogP contribution in [0.1, 0.15) is 29.0 Å².